The molecule has 1 aliphatic heterocycles. The molecule has 0 N–H and O–H groups in total. The van der Waals surface area contributed by atoms with E-state index >= 15 is 0 Å². The smallest absolute Gasteiger partial charge is 0.259 e. The molecule has 0 spiro atoms. The van der Waals surface area contributed by atoms with E-state index in [9.17, 15) is 0 Å². The van der Waals surface area contributed by atoms with Crippen LogP contribution in [-0.2, 0) is 9.05 Å². The molecule has 1 fully saturated rings. The Morgan fingerprint density at radius 3 is 2.58 bits per heavy atom. The Hall–Kier alpha value is 0.600. The van der Waals surface area contributed by atoms with E-state index < -0.39 is 8.53 Å². The largest absolute Gasteiger partial charge is 0.319 e. The molecule has 1 aliphatic rings. The summed E-state index contributed by atoms with van der Waals surface area (Å²) >= 11 is 5.65. The first-order chi connectivity index (χ1) is 5.81. The Morgan fingerprint density at radius 2 is 2.17 bits per heavy atom. The van der Waals surface area contributed by atoms with Crippen molar-refractivity contribution in [1.29, 1.82) is 0 Å². The minimum atomic E-state index is -0.805. The SMILES string of the molecule is CCN(CC)P1OCC(CCl)O1. The van der Waals surface area contributed by atoms with E-state index in [4.69, 9.17) is 20.6 Å². The monoisotopic (exact) mass is 211 g/mol. The first kappa shape index (κ1) is 10.7. The van der Waals surface area contributed by atoms with E-state index in [1.807, 2.05) is 0 Å². The summed E-state index contributed by atoms with van der Waals surface area (Å²) in [6.07, 6.45) is 0.0957. The maximum absolute atomic E-state index is 5.65. The van der Waals surface area contributed by atoms with Gasteiger partial charge in [-0.05, 0) is 0 Å². The Labute approximate surface area is 79.9 Å². The van der Waals surface area contributed by atoms with Crippen LogP contribution < -0.4 is 0 Å². The van der Waals surface area contributed by atoms with Gasteiger partial charge >= 0.3 is 0 Å². The van der Waals surface area contributed by atoms with Crippen LogP contribution in [-0.4, -0.2) is 36.4 Å². The lowest BCUT2D eigenvalue weighted by molar-refractivity contribution is 0.260. The van der Waals surface area contributed by atoms with Crippen molar-refractivity contribution < 1.29 is 9.05 Å². The van der Waals surface area contributed by atoms with Crippen molar-refractivity contribution in [3.05, 3.63) is 0 Å². The summed E-state index contributed by atoms with van der Waals surface area (Å²) in [6, 6.07) is 0. The van der Waals surface area contributed by atoms with Gasteiger partial charge in [0.05, 0.1) is 12.5 Å². The molecule has 0 aromatic heterocycles. The molecule has 2 unspecified atom stereocenters. The van der Waals surface area contributed by atoms with Gasteiger partial charge in [0.15, 0.2) is 0 Å². The van der Waals surface area contributed by atoms with Crippen molar-refractivity contribution in [3.63, 3.8) is 0 Å². The second kappa shape index (κ2) is 5.36. The lowest BCUT2D eigenvalue weighted by Gasteiger charge is -2.22. The van der Waals surface area contributed by atoms with Gasteiger partial charge in [0.25, 0.3) is 8.53 Å². The molecule has 0 bridgehead atoms. The van der Waals surface area contributed by atoms with Crippen LogP contribution in [0.1, 0.15) is 13.8 Å². The summed E-state index contributed by atoms with van der Waals surface area (Å²) in [5.74, 6) is 0.528. The zero-order valence-electron chi connectivity index (χ0n) is 7.49. The highest BCUT2D eigenvalue weighted by atomic mass is 35.5. The van der Waals surface area contributed by atoms with Crippen molar-refractivity contribution in [3.8, 4) is 0 Å². The second-order valence-corrected chi connectivity index (χ2v) is 4.37. The molecule has 0 saturated carbocycles. The van der Waals surface area contributed by atoms with Crippen LogP contribution in [0.5, 0.6) is 0 Å². The molecular weight excluding hydrogens is 197 g/mol. The fourth-order valence-corrected chi connectivity index (χ4v) is 2.75. The third kappa shape index (κ3) is 2.54. The zero-order valence-corrected chi connectivity index (χ0v) is 9.15. The first-order valence-corrected chi connectivity index (χ1v) is 5.88. The number of alkyl halides is 1. The van der Waals surface area contributed by atoms with Gasteiger partial charge in [0, 0.05) is 13.1 Å². The van der Waals surface area contributed by atoms with Gasteiger partial charge in [-0.3, -0.25) is 0 Å². The van der Waals surface area contributed by atoms with E-state index in [1.54, 1.807) is 0 Å². The average molecular weight is 212 g/mol. The van der Waals surface area contributed by atoms with Gasteiger partial charge in [0.2, 0.25) is 0 Å². The van der Waals surface area contributed by atoms with Gasteiger partial charge in [-0.2, -0.15) is 0 Å². The summed E-state index contributed by atoms with van der Waals surface area (Å²) in [7, 11) is -0.805. The topological polar surface area (TPSA) is 21.7 Å². The van der Waals surface area contributed by atoms with Crippen LogP contribution in [0, 0.1) is 0 Å². The van der Waals surface area contributed by atoms with E-state index in [-0.39, 0.29) is 6.10 Å². The Kier molecular flexibility index (Phi) is 4.77. The van der Waals surface area contributed by atoms with E-state index in [1.165, 1.54) is 0 Å². The second-order valence-electron chi connectivity index (χ2n) is 2.55. The van der Waals surface area contributed by atoms with Gasteiger partial charge in [0.1, 0.15) is 6.10 Å². The Bertz CT molecular complexity index is 135. The summed E-state index contributed by atoms with van der Waals surface area (Å²) < 4.78 is 13.3. The molecule has 2 atom stereocenters. The standard InChI is InChI=1S/C7H15ClNO2P/c1-3-9(4-2)12-10-6-7(5-8)11-12/h7H,3-6H2,1-2H3. The lowest BCUT2D eigenvalue weighted by atomic mass is 10.5. The normalized spacial score (nSPS) is 30.0. The summed E-state index contributed by atoms with van der Waals surface area (Å²) in [6.45, 7) is 6.79. The molecule has 0 aromatic rings. The van der Waals surface area contributed by atoms with Crippen LogP contribution in [0.3, 0.4) is 0 Å². The van der Waals surface area contributed by atoms with Crippen LogP contribution >= 0.6 is 20.1 Å². The molecule has 0 aromatic carbocycles. The summed E-state index contributed by atoms with van der Waals surface area (Å²) in [4.78, 5) is 0. The van der Waals surface area contributed by atoms with Gasteiger partial charge < -0.3 is 9.05 Å². The average Bonchev–Trinajstić information content (AvgIpc) is 2.55. The van der Waals surface area contributed by atoms with E-state index in [2.05, 4.69) is 18.5 Å². The van der Waals surface area contributed by atoms with Crippen LogP contribution in [0.2, 0.25) is 0 Å². The molecule has 3 nitrogen and oxygen atoms in total. The lowest BCUT2D eigenvalue weighted by Crippen LogP contribution is -2.17. The number of rotatable bonds is 4. The van der Waals surface area contributed by atoms with Gasteiger partial charge in [-0.25, -0.2) is 4.67 Å². The fourth-order valence-electron chi connectivity index (χ4n) is 1.01. The highest BCUT2D eigenvalue weighted by molar-refractivity contribution is 7.44. The molecule has 1 saturated heterocycles. The molecule has 5 heteroatoms. The quantitative estimate of drug-likeness (QED) is 0.526. The highest BCUT2D eigenvalue weighted by Crippen LogP contribution is 2.48. The van der Waals surface area contributed by atoms with Crippen molar-refractivity contribution in [1.82, 2.24) is 4.67 Å². The molecule has 0 radical (unpaired) electrons. The van der Waals surface area contributed by atoms with E-state index in [0.29, 0.717) is 12.5 Å². The van der Waals surface area contributed by atoms with Crippen molar-refractivity contribution in [2.75, 3.05) is 25.6 Å². The van der Waals surface area contributed by atoms with Crippen molar-refractivity contribution in [2.45, 2.75) is 20.0 Å². The Balaban J connectivity index is 2.34. The zero-order chi connectivity index (χ0) is 8.97. The van der Waals surface area contributed by atoms with Crippen LogP contribution in [0.25, 0.3) is 0 Å². The number of hydrogen-bond donors (Lipinski definition) is 0. The number of hydrogen-bond acceptors (Lipinski definition) is 3. The van der Waals surface area contributed by atoms with Crippen LogP contribution in [0.15, 0.2) is 0 Å². The third-order valence-electron chi connectivity index (χ3n) is 1.74. The predicted molar refractivity (Wildman–Crippen MR) is 51.4 cm³/mol. The minimum Gasteiger partial charge on any atom is -0.319 e. The molecule has 12 heavy (non-hydrogen) atoms. The molecule has 1 heterocycles. The highest BCUT2D eigenvalue weighted by Gasteiger charge is 2.30. The Morgan fingerprint density at radius 1 is 1.50 bits per heavy atom. The maximum atomic E-state index is 5.65. The number of nitrogens with zero attached hydrogens (tertiary/aromatic N) is 1. The fraction of sp³-hybridized carbons (Fsp3) is 1.00. The number of halogens is 1. The van der Waals surface area contributed by atoms with E-state index in [0.717, 1.165) is 13.1 Å². The summed E-state index contributed by atoms with van der Waals surface area (Å²) in [5, 5.41) is 0. The molecule has 72 valence electrons. The third-order valence-corrected chi connectivity index (χ3v) is 3.96. The molecule has 0 amide bonds. The van der Waals surface area contributed by atoms with Gasteiger partial charge in [-0.1, -0.05) is 13.8 Å². The minimum absolute atomic E-state index is 0.0957. The van der Waals surface area contributed by atoms with Gasteiger partial charge in [-0.15, -0.1) is 11.6 Å². The van der Waals surface area contributed by atoms with Crippen molar-refractivity contribution >= 4 is 20.1 Å². The molecule has 0 aliphatic carbocycles. The predicted octanol–water partition coefficient (Wildman–Crippen LogP) is 2.21. The van der Waals surface area contributed by atoms with Crippen molar-refractivity contribution in [2.24, 2.45) is 0 Å². The molecule has 1 rings (SSSR count). The first-order valence-electron chi connectivity index (χ1n) is 4.22. The van der Waals surface area contributed by atoms with Crippen LogP contribution in [0.4, 0.5) is 0 Å². The molecular formula is C7H15ClNO2P. The summed E-state index contributed by atoms with van der Waals surface area (Å²) in [5.41, 5.74) is 0. The maximum Gasteiger partial charge on any atom is 0.259 e.